The number of Topliss-reactive ketones (excluding diaryl/α,β-unsaturated/α-hetero) is 1. The van der Waals surface area contributed by atoms with Gasteiger partial charge in [-0.1, -0.05) is 29.8 Å². The number of alkyl halides is 1. The monoisotopic (exact) mass is 368 g/mol. The summed E-state index contributed by atoms with van der Waals surface area (Å²) >= 11 is 3.54. The van der Waals surface area contributed by atoms with Crippen LogP contribution >= 0.6 is 15.9 Å². The van der Waals surface area contributed by atoms with E-state index in [9.17, 15) is 9.90 Å². The van der Waals surface area contributed by atoms with Crippen LogP contribution in [0.5, 0.6) is 0 Å². The summed E-state index contributed by atoms with van der Waals surface area (Å²) < 4.78 is -0.628. The summed E-state index contributed by atoms with van der Waals surface area (Å²) in [5.74, 6) is 3.36. The minimum atomic E-state index is -0.628. The van der Waals surface area contributed by atoms with Gasteiger partial charge >= 0.3 is 0 Å². The molecule has 0 heterocycles. The van der Waals surface area contributed by atoms with E-state index in [1.54, 1.807) is 0 Å². The second-order valence-corrected chi connectivity index (χ2v) is 10.7. The Kier molecular flexibility index (Phi) is 3.42. The summed E-state index contributed by atoms with van der Waals surface area (Å²) in [6.07, 6.45) is 9.75. The van der Waals surface area contributed by atoms with Crippen molar-refractivity contribution in [2.75, 3.05) is 0 Å². The molecule has 4 saturated carbocycles. The average Bonchev–Trinajstić information content (AvgIpc) is 2.76. The lowest BCUT2D eigenvalue weighted by Gasteiger charge is -2.60. The molecule has 0 bridgehead atoms. The van der Waals surface area contributed by atoms with E-state index in [-0.39, 0.29) is 5.41 Å². The highest BCUT2D eigenvalue weighted by Gasteiger charge is 2.61. The van der Waals surface area contributed by atoms with Gasteiger partial charge in [-0.25, -0.2) is 0 Å². The summed E-state index contributed by atoms with van der Waals surface area (Å²) in [7, 11) is 0. The van der Waals surface area contributed by atoms with Crippen LogP contribution in [0.1, 0.15) is 71.6 Å². The molecule has 4 rings (SSSR count). The van der Waals surface area contributed by atoms with Crippen LogP contribution in [-0.4, -0.2) is 15.4 Å². The third-order valence-electron chi connectivity index (χ3n) is 8.38. The number of rotatable bonds is 0. The van der Waals surface area contributed by atoms with E-state index in [2.05, 4.69) is 29.8 Å². The zero-order valence-electron chi connectivity index (χ0n) is 13.9. The Bertz CT molecular complexity index is 502. The highest BCUT2D eigenvalue weighted by Crippen LogP contribution is 2.66. The van der Waals surface area contributed by atoms with E-state index < -0.39 is 4.51 Å². The number of hydrogen-bond donors (Lipinski definition) is 1. The number of carbonyl (C=O) groups is 1. The van der Waals surface area contributed by atoms with E-state index in [0.29, 0.717) is 23.0 Å². The smallest absolute Gasteiger partial charge is 0.139 e. The fraction of sp³-hybridized carbons (Fsp3) is 0.947. The predicted octanol–water partition coefficient (Wildman–Crippen LogP) is 4.68. The van der Waals surface area contributed by atoms with Crippen LogP contribution in [0, 0.1) is 34.5 Å². The van der Waals surface area contributed by atoms with Gasteiger partial charge in [-0.2, -0.15) is 0 Å². The maximum atomic E-state index is 12.4. The normalized spacial score (nSPS) is 57.9. The van der Waals surface area contributed by atoms with Gasteiger partial charge in [0.25, 0.3) is 0 Å². The van der Waals surface area contributed by atoms with E-state index in [4.69, 9.17) is 0 Å². The zero-order chi connectivity index (χ0) is 15.8. The molecular formula is C19H29BrO2. The Balaban J connectivity index is 1.63. The van der Waals surface area contributed by atoms with E-state index in [1.165, 1.54) is 19.3 Å². The third-order valence-corrected chi connectivity index (χ3v) is 9.10. The van der Waals surface area contributed by atoms with E-state index >= 15 is 0 Å². The lowest BCUT2D eigenvalue weighted by molar-refractivity contribution is -0.143. The standard InChI is InChI=1S/C19H29BrO2/c1-17-9-10-19(20,22)11-12(17)3-4-13-14-5-6-16(21)18(14,2)8-7-15(13)17/h12-15,22H,3-11H2,1-2H3/t12-,13-,14-,15-,17-,18-,19-/m0/s1. The van der Waals surface area contributed by atoms with Crippen molar-refractivity contribution in [3.8, 4) is 0 Å². The van der Waals surface area contributed by atoms with Crippen LogP contribution in [-0.2, 0) is 4.79 Å². The van der Waals surface area contributed by atoms with E-state index in [0.717, 1.165) is 50.4 Å². The molecule has 4 fully saturated rings. The van der Waals surface area contributed by atoms with Gasteiger partial charge in [0.1, 0.15) is 10.3 Å². The molecule has 4 aliphatic carbocycles. The van der Waals surface area contributed by atoms with Gasteiger partial charge in [-0.15, -0.1) is 0 Å². The highest BCUT2D eigenvalue weighted by molar-refractivity contribution is 9.10. The lowest BCUT2D eigenvalue weighted by Crippen LogP contribution is -2.55. The average molecular weight is 369 g/mol. The molecule has 7 atom stereocenters. The van der Waals surface area contributed by atoms with Gasteiger partial charge < -0.3 is 5.11 Å². The summed E-state index contributed by atoms with van der Waals surface area (Å²) in [6, 6.07) is 0. The Morgan fingerprint density at radius 2 is 1.82 bits per heavy atom. The first-order valence-electron chi connectivity index (χ1n) is 9.21. The quantitative estimate of drug-likeness (QED) is 0.630. The Morgan fingerprint density at radius 1 is 1.05 bits per heavy atom. The number of fused-ring (bicyclic) bond motifs is 5. The number of halogens is 1. The molecule has 0 amide bonds. The first-order valence-corrected chi connectivity index (χ1v) is 10.0. The molecule has 0 aromatic carbocycles. The summed E-state index contributed by atoms with van der Waals surface area (Å²) in [4.78, 5) is 12.4. The number of aliphatic hydroxyl groups is 1. The molecular weight excluding hydrogens is 340 g/mol. The largest absolute Gasteiger partial charge is 0.379 e. The third kappa shape index (κ3) is 2.03. The topological polar surface area (TPSA) is 37.3 Å². The minimum absolute atomic E-state index is 0.00477. The van der Waals surface area contributed by atoms with E-state index in [1.807, 2.05) is 0 Å². The Morgan fingerprint density at radius 3 is 2.59 bits per heavy atom. The first kappa shape index (κ1) is 15.6. The van der Waals surface area contributed by atoms with Crippen LogP contribution in [0.25, 0.3) is 0 Å². The van der Waals surface area contributed by atoms with Crippen LogP contribution < -0.4 is 0 Å². The fourth-order valence-electron chi connectivity index (χ4n) is 6.97. The second-order valence-electron chi connectivity index (χ2n) is 9.20. The lowest BCUT2D eigenvalue weighted by atomic mass is 9.45. The van der Waals surface area contributed by atoms with Crippen molar-refractivity contribution in [3.63, 3.8) is 0 Å². The molecule has 0 radical (unpaired) electrons. The first-order chi connectivity index (χ1) is 10.3. The van der Waals surface area contributed by atoms with Crippen LogP contribution in [0.4, 0.5) is 0 Å². The molecule has 0 spiro atoms. The van der Waals surface area contributed by atoms with Crippen molar-refractivity contribution in [3.05, 3.63) is 0 Å². The summed E-state index contributed by atoms with van der Waals surface area (Å²) in [5.41, 5.74) is 0.380. The molecule has 0 saturated heterocycles. The number of hydrogen-bond acceptors (Lipinski definition) is 2. The second kappa shape index (κ2) is 4.81. The van der Waals surface area contributed by atoms with Crippen LogP contribution in [0.2, 0.25) is 0 Å². The maximum Gasteiger partial charge on any atom is 0.139 e. The molecule has 0 aliphatic heterocycles. The summed E-state index contributed by atoms with van der Waals surface area (Å²) in [5, 5.41) is 10.4. The Hall–Kier alpha value is 0.110. The molecule has 0 aromatic rings. The van der Waals surface area contributed by atoms with Crippen molar-refractivity contribution >= 4 is 21.7 Å². The van der Waals surface area contributed by atoms with Crippen molar-refractivity contribution in [1.29, 1.82) is 0 Å². The van der Waals surface area contributed by atoms with Crippen LogP contribution in [0.3, 0.4) is 0 Å². The van der Waals surface area contributed by atoms with Crippen molar-refractivity contribution < 1.29 is 9.90 Å². The van der Waals surface area contributed by atoms with Crippen molar-refractivity contribution in [2.24, 2.45) is 34.5 Å². The molecule has 124 valence electrons. The molecule has 4 aliphatic rings. The van der Waals surface area contributed by atoms with Crippen molar-refractivity contribution in [1.82, 2.24) is 0 Å². The molecule has 22 heavy (non-hydrogen) atoms. The van der Waals surface area contributed by atoms with Gasteiger partial charge in [-0.3, -0.25) is 4.79 Å². The van der Waals surface area contributed by atoms with Crippen LogP contribution in [0.15, 0.2) is 0 Å². The SMILES string of the molecule is C[C@]12CC[C@@](O)(Br)C[C@@H]1CC[C@@H]1[C@@H]2CC[C@]2(C)C(=O)CC[C@@H]12. The molecule has 3 heteroatoms. The minimum Gasteiger partial charge on any atom is -0.379 e. The fourth-order valence-corrected chi connectivity index (χ4v) is 7.56. The Labute approximate surface area is 142 Å². The van der Waals surface area contributed by atoms with Gasteiger partial charge in [-0.05, 0) is 80.5 Å². The molecule has 1 N–H and O–H groups in total. The molecule has 0 aromatic heterocycles. The zero-order valence-corrected chi connectivity index (χ0v) is 15.5. The number of carbonyl (C=O) groups excluding carboxylic acids is 1. The van der Waals surface area contributed by atoms with Crippen molar-refractivity contribution in [2.45, 2.75) is 76.1 Å². The molecule has 0 unspecified atom stereocenters. The molecule has 2 nitrogen and oxygen atoms in total. The summed E-state index contributed by atoms with van der Waals surface area (Å²) in [6.45, 7) is 4.76. The van der Waals surface area contributed by atoms with Gasteiger partial charge in [0.2, 0.25) is 0 Å². The predicted molar refractivity (Wildman–Crippen MR) is 90.6 cm³/mol. The van der Waals surface area contributed by atoms with Gasteiger partial charge in [0.15, 0.2) is 0 Å². The van der Waals surface area contributed by atoms with Gasteiger partial charge in [0, 0.05) is 11.8 Å². The van der Waals surface area contributed by atoms with Gasteiger partial charge in [0.05, 0.1) is 0 Å². The number of ketones is 1. The highest BCUT2D eigenvalue weighted by atomic mass is 79.9. The maximum absolute atomic E-state index is 12.4.